The highest BCUT2D eigenvalue weighted by Gasteiger charge is 2.43. The minimum atomic E-state index is 0.189. The average Bonchev–Trinajstić information content (AvgIpc) is 3.17. The largest absolute Gasteiger partial charge is 0.402 e. The van der Waals surface area contributed by atoms with Crippen molar-refractivity contribution in [3.8, 4) is 0 Å². The van der Waals surface area contributed by atoms with Crippen LogP contribution in [0.15, 0.2) is 40.7 Å². The second-order valence-electron chi connectivity index (χ2n) is 7.63. The maximum Gasteiger partial charge on any atom is 0.0406 e. The van der Waals surface area contributed by atoms with E-state index in [1.54, 1.807) is 0 Å². The summed E-state index contributed by atoms with van der Waals surface area (Å²) in [4.78, 5) is 4.90. The van der Waals surface area contributed by atoms with E-state index in [9.17, 15) is 0 Å². The molecule has 1 fully saturated rings. The van der Waals surface area contributed by atoms with Crippen LogP contribution >= 0.6 is 12.6 Å². The third kappa shape index (κ3) is 6.06. The zero-order valence-electron chi connectivity index (χ0n) is 17.0. The van der Waals surface area contributed by atoms with E-state index in [4.69, 9.17) is 23.4 Å². The second-order valence-corrected chi connectivity index (χ2v) is 8.26. The molecular formula is C22H38N2S. The molecule has 0 aromatic rings. The summed E-state index contributed by atoms with van der Waals surface area (Å²) in [5.74, 6) is 2.74. The highest BCUT2D eigenvalue weighted by Crippen LogP contribution is 2.49. The van der Waals surface area contributed by atoms with E-state index in [2.05, 4.69) is 54.2 Å². The number of hydrogen-bond donors (Lipinski definition) is 2. The van der Waals surface area contributed by atoms with E-state index in [-0.39, 0.29) is 5.25 Å². The van der Waals surface area contributed by atoms with Gasteiger partial charge in [0.05, 0.1) is 0 Å². The predicted molar refractivity (Wildman–Crippen MR) is 116 cm³/mol. The van der Waals surface area contributed by atoms with Crippen molar-refractivity contribution in [1.29, 1.82) is 0 Å². The van der Waals surface area contributed by atoms with Crippen molar-refractivity contribution >= 4 is 18.3 Å². The Bertz CT molecular complexity index is 536. The lowest BCUT2D eigenvalue weighted by molar-refractivity contribution is 0.601. The Hall–Kier alpha value is -0.960. The lowest BCUT2D eigenvalue weighted by Crippen LogP contribution is -2.24. The van der Waals surface area contributed by atoms with Crippen LogP contribution in [0.3, 0.4) is 0 Å². The average molecular weight is 363 g/mol. The molecule has 25 heavy (non-hydrogen) atoms. The second kappa shape index (κ2) is 10.3. The summed E-state index contributed by atoms with van der Waals surface area (Å²) < 4.78 is 0. The number of aliphatic imine (C=N–C) groups is 1. The molecule has 1 aliphatic carbocycles. The van der Waals surface area contributed by atoms with E-state index in [0.29, 0.717) is 5.92 Å². The van der Waals surface area contributed by atoms with Crippen LogP contribution in [0.5, 0.6) is 0 Å². The summed E-state index contributed by atoms with van der Waals surface area (Å²) in [6, 6.07) is 0. The van der Waals surface area contributed by atoms with Crippen LogP contribution in [0, 0.1) is 23.7 Å². The molecule has 0 aromatic carbocycles. The van der Waals surface area contributed by atoms with Gasteiger partial charge in [0.25, 0.3) is 0 Å². The maximum atomic E-state index is 6.08. The molecule has 0 aliphatic heterocycles. The van der Waals surface area contributed by atoms with Crippen LogP contribution in [0.2, 0.25) is 0 Å². The van der Waals surface area contributed by atoms with Crippen molar-refractivity contribution in [2.75, 3.05) is 0 Å². The van der Waals surface area contributed by atoms with Crippen molar-refractivity contribution in [2.24, 2.45) is 34.4 Å². The molecule has 0 bridgehead atoms. The molecule has 0 spiro atoms. The first kappa shape index (κ1) is 22.1. The van der Waals surface area contributed by atoms with Crippen molar-refractivity contribution in [1.82, 2.24) is 0 Å². The number of thiol groups is 1. The van der Waals surface area contributed by atoms with Gasteiger partial charge < -0.3 is 5.73 Å². The van der Waals surface area contributed by atoms with Gasteiger partial charge in [0.2, 0.25) is 0 Å². The molecule has 2 N–H and O–H groups in total. The van der Waals surface area contributed by atoms with E-state index < -0.39 is 0 Å². The van der Waals surface area contributed by atoms with Crippen molar-refractivity contribution in [3.63, 3.8) is 0 Å². The zero-order valence-corrected chi connectivity index (χ0v) is 17.9. The normalized spacial score (nSPS) is 27.6. The Morgan fingerprint density at radius 3 is 2.28 bits per heavy atom. The predicted octanol–water partition coefficient (Wildman–Crippen LogP) is 6.17. The number of nitrogens with two attached hydrogens (primary N) is 1. The highest BCUT2D eigenvalue weighted by atomic mass is 32.1. The summed E-state index contributed by atoms with van der Waals surface area (Å²) in [5.41, 5.74) is 10.4. The summed E-state index contributed by atoms with van der Waals surface area (Å²) >= 11 is 4.85. The third-order valence-electron chi connectivity index (χ3n) is 5.99. The lowest BCUT2D eigenvalue weighted by atomic mass is 9.92. The monoisotopic (exact) mass is 362 g/mol. The van der Waals surface area contributed by atoms with Crippen molar-refractivity contribution in [3.05, 3.63) is 35.7 Å². The van der Waals surface area contributed by atoms with Crippen LogP contribution in [-0.2, 0) is 0 Å². The quantitative estimate of drug-likeness (QED) is 0.207. The van der Waals surface area contributed by atoms with Gasteiger partial charge in [0.1, 0.15) is 0 Å². The molecule has 4 unspecified atom stereocenters. The van der Waals surface area contributed by atoms with Crippen molar-refractivity contribution < 1.29 is 0 Å². The number of nitrogens with zero attached hydrogens (tertiary/aromatic N) is 1. The summed E-state index contributed by atoms with van der Waals surface area (Å²) in [6.45, 7) is 17.2. The number of hydrogen-bond acceptors (Lipinski definition) is 3. The van der Waals surface area contributed by atoms with Crippen LogP contribution in [-0.4, -0.2) is 11.0 Å². The minimum Gasteiger partial charge on any atom is -0.402 e. The van der Waals surface area contributed by atoms with Gasteiger partial charge in [-0.25, -0.2) is 0 Å². The molecule has 1 saturated carbocycles. The van der Waals surface area contributed by atoms with Crippen LogP contribution in [0.1, 0.15) is 67.2 Å². The Morgan fingerprint density at radius 2 is 1.84 bits per heavy atom. The topological polar surface area (TPSA) is 38.4 Å². The molecule has 142 valence electrons. The molecule has 0 heterocycles. The number of rotatable bonds is 10. The fourth-order valence-corrected chi connectivity index (χ4v) is 3.98. The van der Waals surface area contributed by atoms with Gasteiger partial charge in [-0.15, -0.1) is 6.58 Å². The first-order valence-electron chi connectivity index (χ1n) is 9.78. The van der Waals surface area contributed by atoms with E-state index in [1.807, 2.05) is 6.20 Å². The minimum absolute atomic E-state index is 0.189. The molecule has 0 aromatic heterocycles. The smallest absolute Gasteiger partial charge is 0.0406 e. The van der Waals surface area contributed by atoms with Gasteiger partial charge in [-0.2, -0.15) is 12.6 Å². The first-order chi connectivity index (χ1) is 11.8. The van der Waals surface area contributed by atoms with Gasteiger partial charge in [0.15, 0.2) is 0 Å². The molecule has 2 nitrogen and oxygen atoms in total. The van der Waals surface area contributed by atoms with Gasteiger partial charge in [-0.05, 0) is 62.0 Å². The summed E-state index contributed by atoms with van der Waals surface area (Å²) in [6.07, 6.45) is 8.21. The Labute approximate surface area is 161 Å². The van der Waals surface area contributed by atoms with E-state index >= 15 is 0 Å². The maximum absolute atomic E-state index is 6.08. The first-order valence-corrected chi connectivity index (χ1v) is 10.3. The highest BCUT2D eigenvalue weighted by molar-refractivity contribution is 7.81. The van der Waals surface area contributed by atoms with Crippen LogP contribution in [0.4, 0.5) is 0 Å². The SMILES string of the molecule is C=CC(CC1C(C)C1C)C(=N/C=C(C)/C(C)=C(\N)CC)C(S)CCC. The fraction of sp³-hybridized carbons (Fsp3) is 0.682. The van der Waals surface area contributed by atoms with Gasteiger partial charge >= 0.3 is 0 Å². The Kier molecular flexibility index (Phi) is 9.06. The molecule has 3 heteroatoms. The van der Waals surface area contributed by atoms with E-state index in [1.165, 1.54) is 0 Å². The summed E-state index contributed by atoms with van der Waals surface area (Å²) in [7, 11) is 0. The zero-order chi connectivity index (χ0) is 19.1. The molecule has 1 aliphatic rings. The lowest BCUT2D eigenvalue weighted by Gasteiger charge is -2.21. The number of allylic oxidation sites excluding steroid dienone is 4. The Morgan fingerprint density at radius 1 is 1.24 bits per heavy atom. The van der Waals surface area contributed by atoms with E-state index in [0.717, 1.165) is 66.0 Å². The van der Waals surface area contributed by atoms with Gasteiger partial charge in [-0.3, -0.25) is 4.99 Å². The third-order valence-corrected chi connectivity index (χ3v) is 6.52. The standard InChI is InChI=1S/C22H38N2S/c1-8-11-21(25)22(18(9-2)12-19-16(6)17(19)7)24-13-14(4)15(5)20(23)10-3/h9,13,16-19,21,25H,2,8,10-12,23H2,1,3-7H3/b14-13+,20-15-,24-22?. The van der Waals surface area contributed by atoms with Crippen LogP contribution in [0.25, 0.3) is 0 Å². The molecule has 0 saturated heterocycles. The Balaban J connectivity index is 3.07. The molecule has 0 amide bonds. The van der Waals surface area contributed by atoms with Gasteiger partial charge in [-0.1, -0.05) is 40.2 Å². The molecule has 4 atom stereocenters. The molecule has 0 radical (unpaired) electrons. The van der Waals surface area contributed by atoms with Crippen LogP contribution < -0.4 is 5.73 Å². The molecule has 1 rings (SSSR count). The fourth-order valence-electron chi connectivity index (χ4n) is 3.46. The van der Waals surface area contributed by atoms with Crippen molar-refractivity contribution in [2.45, 2.75) is 72.5 Å². The summed E-state index contributed by atoms with van der Waals surface area (Å²) in [5, 5.41) is 0.189. The molecular weight excluding hydrogens is 324 g/mol. The van der Waals surface area contributed by atoms with Gasteiger partial charge in [0, 0.05) is 28.8 Å².